The summed E-state index contributed by atoms with van der Waals surface area (Å²) < 4.78 is 26.1. The largest absolute Gasteiger partial charge is 0.338 e. The fraction of sp³-hybridized carbons (Fsp3) is 0.500. The van der Waals surface area contributed by atoms with Gasteiger partial charge in [0.2, 0.25) is 5.91 Å². The molecule has 1 aromatic heterocycles. The summed E-state index contributed by atoms with van der Waals surface area (Å²) in [6.07, 6.45) is 1.65. The van der Waals surface area contributed by atoms with Crippen molar-refractivity contribution in [3.63, 3.8) is 0 Å². The van der Waals surface area contributed by atoms with E-state index in [9.17, 15) is 13.2 Å². The van der Waals surface area contributed by atoms with Gasteiger partial charge < -0.3 is 9.47 Å². The van der Waals surface area contributed by atoms with E-state index in [-0.39, 0.29) is 24.1 Å². The molecular weight excluding hydrogens is 314 g/mol. The Kier molecular flexibility index (Phi) is 4.14. The normalized spacial score (nSPS) is 16.0. The molecule has 124 valence electrons. The van der Waals surface area contributed by atoms with Gasteiger partial charge in [0.15, 0.2) is 9.84 Å². The molecule has 0 unspecified atom stereocenters. The van der Waals surface area contributed by atoms with Crippen molar-refractivity contribution in [3.05, 3.63) is 30.6 Å². The van der Waals surface area contributed by atoms with Crippen LogP contribution >= 0.6 is 0 Å². The molecule has 7 heteroatoms. The first-order chi connectivity index (χ1) is 10.9. The maximum atomic E-state index is 12.3. The number of benzene rings is 1. The quantitative estimate of drug-likeness (QED) is 0.826. The van der Waals surface area contributed by atoms with E-state index in [1.807, 2.05) is 38.1 Å². The number of rotatable bonds is 5. The second-order valence-corrected chi connectivity index (χ2v) is 8.83. The van der Waals surface area contributed by atoms with Gasteiger partial charge in [0, 0.05) is 13.1 Å². The monoisotopic (exact) mass is 335 g/mol. The van der Waals surface area contributed by atoms with Crippen molar-refractivity contribution >= 4 is 26.8 Å². The molecule has 0 spiro atoms. The molecule has 1 saturated heterocycles. The molecule has 1 fully saturated rings. The molecule has 23 heavy (non-hydrogen) atoms. The minimum absolute atomic E-state index is 0.0656. The number of para-hydroxylation sites is 2. The van der Waals surface area contributed by atoms with Crippen LogP contribution in [-0.4, -0.2) is 52.9 Å². The number of sulfone groups is 1. The summed E-state index contributed by atoms with van der Waals surface area (Å²) in [5.74, 6) is 0.234. The van der Waals surface area contributed by atoms with Gasteiger partial charge >= 0.3 is 0 Å². The van der Waals surface area contributed by atoms with Crippen molar-refractivity contribution < 1.29 is 13.2 Å². The highest BCUT2D eigenvalue weighted by molar-refractivity contribution is 7.92. The van der Waals surface area contributed by atoms with E-state index >= 15 is 0 Å². The first kappa shape index (κ1) is 16.0. The standard InChI is InChI=1S/C16H21N3O3S/c1-12(2)10-23(21,22)13-7-18(8-13)16(20)9-19-11-17-14-5-3-4-6-15(14)19/h3-6,11-13H,7-10H2,1-2H3. The number of nitrogens with zero attached hydrogens (tertiary/aromatic N) is 3. The van der Waals surface area contributed by atoms with Crippen LogP contribution in [0.15, 0.2) is 30.6 Å². The van der Waals surface area contributed by atoms with E-state index in [1.165, 1.54) is 0 Å². The highest BCUT2D eigenvalue weighted by Crippen LogP contribution is 2.20. The molecule has 0 radical (unpaired) electrons. The molecule has 3 rings (SSSR count). The smallest absolute Gasteiger partial charge is 0.242 e. The van der Waals surface area contributed by atoms with Crippen molar-refractivity contribution in [1.29, 1.82) is 0 Å². The number of aromatic nitrogens is 2. The minimum atomic E-state index is -3.10. The Labute approximate surface area is 136 Å². The first-order valence-electron chi connectivity index (χ1n) is 7.76. The van der Waals surface area contributed by atoms with Crippen molar-refractivity contribution in [1.82, 2.24) is 14.5 Å². The third kappa shape index (κ3) is 3.24. The lowest BCUT2D eigenvalue weighted by molar-refractivity contribution is -0.134. The van der Waals surface area contributed by atoms with Crippen LogP contribution in [0.5, 0.6) is 0 Å². The average Bonchev–Trinajstić information content (AvgIpc) is 2.78. The Morgan fingerprint density at radius 2 is 2.00 bits per heavy atom. The van der Waals surface area contributed by atoms with E-state index in [0.717, 1.165) is 11.0 Å². The Hall–Kier alpha value is -1.89. The zero-order chi connectivity index (χ0) is 16.6. The number of hydrogen-bond donors (Lipinski definition) is 0. The Morgan fingerprint density at radius 1 is 1.30 bits per heavy atom. The lowest BCUT2D eigenvalue weighted by Crippen LogP contribution is -2.58. The number of carbonyl (C=O) groups is 1. The lowest BCUT2D eigenvalue weighted by atomic mass is 10.2. The molecule has 0 N–H and O–H groups in total. The number of imidazole rings is 1. The third-order valence-electron chi connectivity index (χ3n) is 4.11. The summed E-state index contributed by atoms with van der Waals surface area (Å²) >= 11 is 0. The van der Waals surface area contributed by atoms with Crippen LogP contribution in [-0.2, 0) is 21.2 Å². The molecule has 2 aromatic rings. The van der Waals surface area contributed by atoms with Crippen molar-refractivity contribution in [2.45, 2.75) is 25.6 Å². The summed E-state index contributed by atoms with van der Waals surface area (Å²) in [5.41, 5.74) is 1.76. The highest BCUT2D eigenvalue weighted by atomic mass is 32.2. The van der Waals surface area contributed by atoms with E-state index < -0.39 is 15.1 Å². The number of hydrogen-bond acceptors (Lipinski definition) is 4. The molecule has 1 aliphatic rings. The van der Waals surface area contributed by atoms with Gasteiger partial charge in [-0.15, -0.1) is 0 Å². The van der Waals surface area contributed by atoms with Gasteiger partial charge in [-0.25, -0.2) is 13.4 Å². The minimum Gasteiger partial charge on any atom is -0.338 e. The van der Waals surface area contributed by atoms with Crippen LogP contribution < -0.4 is 0 Å². The molecule has 6 nitrogen and oxygen atoms in total. The summed E-state index contributed by atoms with van der Waals surface area (Å²) in [4.78, 5) is 18.2. The molecule has 0 atom stereocenters. The number of carbonyl (C=O) groups excluding carboxylic acids is 1. The zero-order valence-electron chi connectivity index (χ0n) is 13.3. The van der Waals surface area contributed by atoms with Crippen molar-refractivity contribution in [2.24, 2.45) is 5.92 Å². The van der Waals surface area contributed by atoms with Crippen LogP contribution in [0.25, 0.3) is 11.0 Å². The molecule has 2 heterocycles. The SMILES string of the molecule is CC(C)CS(=O)(=O)C1CN(C(=O)Cn2cnc3ccccc32)C1. The maximum Gasteiger partial charge on any atom is 0.242 e. The second-order valence-electron chi connectivity index (χ2n) is 6.51. The fourth-order valence-corrected chi connectivity index (χ4v) is 4.87. The van der Waals surface area contributed by atoms with Gasteiger partial charge in [-0.3, -0.25) is 4.79 Å². The second kappa shape index (κ2) is 5.96. The van der Waals surface area contributed by atoms with Crippen molar-refractivity contribution in [3.8, 4) is 0 Å². The Balaban J connectivity index is 1.61. The van der Waals surface area contributed by atoms with Gasteiger partial charge in [-0.2, -0.15) is 0 Å². The average molecular weight is 335 g/mol. The molecule has 1 aromatic carbocycles. The molecular formula is C16H21N3O3S. The predicted molar refractivity (Wildman–Crippen MR) is 88.7 cm³/mol. The summed E-state index contributed by atoms with van der Waals surface area (Å²) in [6, 6.07) is 7.63. The summed E-state index contributed by atoms with van der Waals surface area (Å²) in [7, 11) is -3.10. The molecule has 1 aliphatic heterocycles. The van der Waals surface area contributed by atoms with Crippen LogP contribution in [0, 0.1) is 5.92 Å². The Morgan fingerprint density at radius 3 is 2.70 bits per heavy atom. The maximum absolute atomic E-state index is 12.3. The van der Waals surface area contributed by atoms with Crippen LogP contribution in [0.4, 0.5) is 0 Å². The van der Waals surface area contributed by atoms with Crippen LogP contribution in [0.1, 0.15) is 13.8 Å². The van der Waals surface area contributed by atoms with E-state index in [4.69, 9.17) is 0 Å². The van der Waals surface area contributed by atoms with Gasteiger partial charge in [0.1, 0.15) is 6.54 Å². The van der Waals surface area contributed by atoms with Crippen LogP contribution in [0.2, 0.25) is 0 Å². The highest BCUT2D eigenvalue weighted by Gasteiger charge is 2.39. The lowest BCUT2D eigenvalue weighted by Gasteiger charge is -2.39. The summed E-state index contributed by atoms with van der Waals surface area (Å²) in [5, 5.41) is -0.409. The summed E-state index contributed by atoms with van der Waals surface area (Å²) in [6.45, 7) is 4.59. The van der Waals surface area contributed by atoms with Crippen LogP contribution in [0.3, 0.4) is 0 Å². The van der Waals surface area contributed by atoms with E-state index in [0.29, 0.717) is 13.1 Å². The van der Waals surface area contributed by atoms with E-state index in [2.05, 4.69) is 4.98 Å². The van der Waals surface area contributed by atoms with Gasteiger partial charge in [0.05, 0.1) is 28.4 Å². The predicted octanol–water partition coefficient (Wildman–Crippen LogP) is 1.32. The third-order valence-corrected chi connectivity index (χ3v) is 6.55. The van der Waals surface area contributed by atoms with Gasteiger partial charge in [-0.1, -0.05) is 26.0 Å². The number of likely N-dealkylation sites (tertiary alicyclic amines) is 1. The van der Waals surface area contributed by atoms with Crippen molar-refractivity contribution in [2.75, 3.05) is 18.8 Å². The number of fused-ring (bicyclic) bond motifs is 1. The van der Waals surface area contributed by atoms with Gasteiger partial charge in [-0.05, 0) is 18.1 Å². The first-order valence-corrected chi connectivity index (χ1v) is 9.47. The molecule has 0 bridgehead atoms. The number of amides is 1. The fourth-order valence-electron chi connectivity index (χ4n) is 2.85. The zero-order valence-corrected chi connectivity index (χ0v) is 14.2. The molecule has 0 aliphatic carbocycles. The topological polar surface area (TPSA) is 72.3 Å². The Bertz CT molecular complexity index is 820. The van der Waals surface area contributed by atoms with Gasteiger partial charge in [0.25, 0.3) is 0 Å². The van der Waals surface area contributed by atoms with E-state index in [1.54, 1.807) is 15.8 Å². The molecule has 0 saturated carbocycles. The molecule has 1 amide bonds.